The van der Waals surface area contributed by atoms with Crippen LogP contribution in [0.3, 0.4) is 0 Å². The Bertz CT molecular complexity index is 508. The van der Waals surface area contributed by atoms with Gasteiger partial charge in [0.15, 0.2) is 0 Å². The summed E-state index contributed by atoms with van der Waals surface area (Å²) in [5, 5.41) is 8.98. The highest BCUT2D eigenvalue weighted by Crippen LogP contribution is 2.33. The minimum Gasteiger partial charge on any atom is -0.416 e. The van der Waals surface area contributed by atoms with Crippen molar-refractivity contribution in [2.75, 3.05) is 0 Å². The quantitative estimate of drug-likeness (QED) is 0.794. The van der Waals surface area contributed by atoms with E-state index in [9.17, 15) is 0 Å². The van der Waals surface area contributed by atoms with Crippen LogP contribution in [0.25, 0.3) is 0 Å². The maximum atomic E-state index is 5.76. The first kappa shape index (κ1) is 12.7. The van der Waals surface area contributed by atoms with Crippen molar-refractivity contribution in [1.29, 1.82) is 0 Å². The molecule has 1 saturated carbocycles. The van der Waals surface area contributed by atoms with Crippen LogP contribution in [-0.2, 0) is 5.75 Å². The number of nitrogens with zero attached hydrogens (tertiary/aromatic N) is 3. The van der Waals surface area contributed by atoms with Crippen LogP contribution in [-0.4, -0.2) is 15.2 Å². The highest BCUT2D eigenvalue weighted by Gasteiger charge is 2.21. The molecule has 0 bridgehead atoms. The van der Waals surface area contributed by atoms with Gasteiger partial charge in [-0.1, -0.05) is 37.1 Å². The molecule has 100 valence electrons. The lowest BCUT2D eigenvalue weighted by molar-refractivity contribution is 0.334. The summed E-state index contributed by atoms with van der Waals surface area (Å²) in [4.78, 5) is 4.28. The smallest absolute Gasteiger partial charge is 0.276 e. The molecule has 2 heterocycles. The lowest BCUT2D eigenvalue weighted by Gasteiger charge is -2.17. The first-order chi connectivity index (χ1) is 9.42. The summed E-state index contributed by atoms with van der Waals surface area (Å²) >= 11 is 1.56. The maximum Gasteiger partial charge on any atom is 0.276 e. The first-order valence-electron chi connectivity index (χ1n) is 6.78. The normalized spacial score (nSPS) is 16.6. The van der Waals surface area contributed by atoms with E-state index in [4.69, 9.17) is 4.42 Å². The fourth-order valence-electron chi connectivity index (χ4n) is 2.41. The van der Waals surface area contributed by atoms with Crippen molar-refractivity contribution in [3.8, 4) is 0 Å². The van der Waals surface area contributed by atoms with Crippen molar-refractivity contribution in [3.63, 3.8) is 0 Å². The molecule has 0 aromatic carbocycles. The summed E-state index contributed by atoms with van der Waals surface area (Å²) in [5.41, 5.74) is 1.03. The van der Waals surface area contributed by atoms with Crippen LogP contribution >= 0.6 is 11.8 Å². The van der Waals surface area contributed by atoms with Gasteiger partial charge in [0.05, 0.1) is 5.69 Å². The molecule has 2 aromatic rings. The van der Waals surface area contributed by atoms with E-state index in [0.29, 0.717) is 11.1 Å². The molecule has 0 N–H and O–H groups in total. The number of pyridine rings is 1. The summed E-state index contributed by atoms with van der Waals surface area (Å²) in [5.74, 6) is 2.07. The van der Waals surface area contributed by atoms with Gasteiger partial charge in [0.2, 0.25) is 5.89 Å². The average Bonchev–Trinajstić information content (AvgIpc) is 2.96. The zero-order chi connectivity index (χ0) is 12.9. The molecule has 3 rings (SSSR count). The number of thioether (sulfide) groups is 1. The van der Waals surface area contributed by atoms with Crippen LogP contribution < -0.4 is 0 Å². The van der Waals surface area contributed by atoms with E-state index in [2.05, 4.69) is 15.2 Å². The molecule has 0 atom stereocenters. The predicted octanol–water partition coefficient (Wildman–Crippen LogP) is 3.80. The molecule has 1 aliphatic carbocycles. The standard InChI is InChI=1S/C14H17N3OS/c1-2-6-11(7-3-1)13-16-17-14(18-13)19-10-12-8-4-5-9-15-12/h4-5,8-9,11H,1-3,6-7,10H2. The number of hydrogen-bond donors (Lipinski definition) is 0. The Morgan fingerprint density at radius 3 is 2.84 bits per heavy atom. The maximum absolute atomic E-state index is 5.76. The summed E-state index contributed by atoms with van der Waals surface area (Å²) in [6.07, 6.45) is 8.08. The molecule has 4 nitrogen and oxygen atoms in total. The third-order valence-electron chi connectivity index (χ3n) is 3.45. The van der Waals surface area contributed by atoms with Gasteiger partial charge in [0, 0.05) is 17.9 Å². The van der Waals surface area contributed by atoms with E-state index in [1.807, 2.05) is 18.2 Å². The third-order valence-corrected chi connectivity index (χ3v) is 4.30. The largest absolute Gasteiger partial charge is 0.416 e. The van der Waals surface area contributed by atoms with Gasteiger partial charge in [-0.05, 0) is 25.0 Å². The van der Waals surface area contributed by atoms with Crippen molar-refractivity contribution in [3.05, 3.63) is 36.0 Å². The van der Waals surface area contributed by atoms with Gasteiger partial charge in [-0.2, -0.15) is 0 Å². The Labute approximate surface area is 117 Å². The zero-order valence-corrected chi connectivity index (χ0v) is 11.6. The Kier molecular flexibility index (Phi) is 4.13. The molecular formula is C14H17N3OS. The second kappa shape index (κ2) is 6.19. The minimum absolute atomic E-state index is 0.477. The molecule has 0 unspecified atom stereocenters. The van der Waals surface area contributed by atoms with E-state index in [0.717, 1.165) is 17.3 Å². The van der Waals surface area contributed by atoms with Crippen molar-refractivity contribution in [2.45, 2.75) is 49.0 Å². The molecule has 19 heavy (non-hydrogen) atoms. The van der Waals surface area contributed by atoms with E-state index in [-0.39, 0.29) is 0 Å². The van der Waals surface area contributed by atoms with Crippen molar-refractivity contribution >= 4 is 11.8 Å². The Balaban J connectivity index is 1.58. The lowest BCUT2D eigenvalue weighted by atomic mass is 9.89. The van der Waals surface area contributed by atoms with Gasteiger partial charge < -0.3 is 4.42 Å². The van der Waals surface area contributed by atoms with Crippen molar-refractivity contribution in [1.82, 2.24) is 15.2 Å². The minimum atomic E-state index is 0.477. The molecule has 2 aromatic heterocycles. The van der Waals surface area contributed by atoms with Gasteiger partial charge in [0.1, 0.15) is 0 Å². The summed E-state index contributed by atoms with van der Waals surface area (Å²) < 4.78 is 5.76. The van der Waals surface area contributed by atoms with Crippen LogP contribution in [0.1, 0.15) is 49.6 Å². The summed E-state index contributed by atoms with van der Waals surface area (Å²) in [7, 11) is 0. The van der Waals surface area contributed by atoms with Crippen LogP contribution in [0.4, 0.5) is 0 Å². The van der Waals surface area contributed by atoms with Gasteiger partial charge in [0.25, 0.3) is 5.22 Å². The topological polar surface area (TPSA) is 51.8 Å². The highest BCUT2D eigenvalue weighted by atomic mass is 32.2. The molecule has 0 radical (unpaired) electrons. The van der Waals surface area contributed by atoms with Crippen LogP contribution in [0.5, 0.6) is 0 Å². The van der Waals surface area contributed by atoms with E-state index >= 15 is 0 Å². The zero-order valence-electron chi connectivity index (χ0n) is 10.8. The molecule has 1 fully saturated rings. The van der Waals surface area contributed by atoms with Crippen molar-refractivity contribution in [2.24, 2.45) is 0 Å². The SMILES string of the molecule is c1ccc(CSc2nnc(C3CCCCC3)o2)nc1. The molecule has 5 heteroatoms. The number of aromatic nitrogens is 3. The van der Waals surface area contributed by atoms with Gasteiger partial charge in [-0.3, -0.25) is 4.98 Å². The average molecular weight is 275 g/mol. The Morgan fingerprint density at radius 2 is 2.05 bits per heavy atom. The first-order valence-corrected chi connectivity index (χ1v) is 7.76. The van der Waals surface area contributed by atoms with Crippen LogP contribution in [0.15, 0.2) is 34.0 Å². The van der Waals surface area contributed by atoms with E-state index in [1.165, 1.54) is 32.1 Å². The number of rotatable bonds is 4. The Hall–Kier alpha value is -1.36. The molecule has 0 saturated heterocycles. The van der Waals surface area contributed by atoms with Crippen LogP contribution in [0.2, 0.25) is 0 Å². The summed E-state index contributed by atoms with van der Waals surface area (Å²) in [6.45, 7) is 0. The molecule has 0 spiro atoms. The monoisotopic (exact) mass is 275 g/mol. The highest BCUT2D eigenvalue weighted by molar-refractivity contribution is 7.98. The Morgan fingerprint density at radius 1 is 1.16 bits per heavy atom. The van der Waals surface area contributed by atoms with Crippen LogP contribution in [0, 0.1) is 0 Å². The van der Waals surface area contributed by atoms with E-state index < -0.39 is 0 Å². The predicted molar refractivity (Wildman–Crippen MR) is 73.9 cm³/mol. The fourth-order valence-corrected chi connectivity index (χ4v) is 3.10. The van der Waals surface area contributed by atoms with E-state index in [1.54, 1.807) is 18.0 Å². The lowest BCUT2D eigenvalue weighted by Crippen LogP contribution is -2.04. The molecule has 0 amide bonds. The molecule has 0 aliphatic heterocycles. The number of hydrogen-bond acceptors (Lipinski definition) is 5. The molecular weight excluding hydrogens is 258 g/mol. The molecule has 1 aliphatic rings. The third kappa shape index (κ3) is 3.35. The second-order valence-corrected chi connectivity index (χ2v) is 5.78. The van der Waals surface area contributed by atoms with Gasteiger partial charge >= 0.3 is 0 Å². The van der Waals surface area contributed by atoms with Gasteiger partial charge in [-0.25, -0.2) is 0 Å². The fraction of sp³-hybridized carbons (Fsp3) is 0.500. The van der Waals surface area contributed by atoms with Crippen molar-refractivity contribution < 1.29 is 4.42 Å². The second-order valence-electron chi connectivity index (χ2n) is 4.85. The summed E-state index contributed by atoms with van der Waals surface area (Å²) in [6, 6.07) is 5.91. The van der Waals surface area contributed by atoms with Gasteiger partial charge in [-0.15, -0.1) is 10.2 Å².